The first-order chi connectivity index (χ1) is 14.2. The lowest BCUT2D eigenvalue weighted by Gasteiger charge is -2.36. The summed E-state index contributed by atoms with van der Waals surface area (Å²) in [5.74, 6) is -0.440. The average molecular weight is 389 g/mol. The Bertz CT molecular complexity index is 1070. The van der Waals surface area contributed by atoms with Gasteiger partial charge in [0.1, 0.15) is 5.82 Å². The van der Waals surface area contributed by atoms with Crippen LogP contribution in [0.2, 0.25) is 0 Å². The molecular weight excluding hydrogens is 365 g/mol. The first kappa shape index (κ1) is 18.1. The zero-order chi connectivity index (χ0) is 19.8. The van der Waals surface area contributed by atoms with Gasteiger partial charge in [0.2, 0.25) is 5.91 Å². The van der Waals surface area contributed by atoms with Crippen molar-refractivity contribution in [2.24, 2.45) is 0 Å². The molecule has 0 aromatic heterocycles. The molecule has 0 saturated carbocycles. The molecule has 2 aliphatic heterocycles. The van der Waals surface area contributed by atoms with E-state index in [2.05, 4.69) is 57.6 Å². The van der Waals surface area contributed by atoms with Crippen molar-refractivity contribution in [1.29, 1.82) is 0 Å². The molecule has 0 aliphatic carbocycles. The molecule has 0 spiro atoms. The highest BCUT2D eigenvalue weighted by Crippen LogP contribution is 2.29. The van der Waals surface area contributed by atoms with Crippen LogP contribution in [-0.2, 0) is 17.6 Å². The number of halogens is 1. The summed E-state index contributed by atoms with van der Waals surface area (Å²) in [6, 6.07) is 18.6. The number of rotatable bonds is 4. The zero-order valence-corrected chi connectivity index (χ0v) is 16.3. The van der Waals surface area contributed by atoms with Crippen LogP contribution in [-0.4, -0.2) is 43.5 Å². The third-order valence-electron chi connectivity index (χ3n) is 6.04. The number of hydrogen-bond acceptors (Lipinski definition) is 3. The molecule has 1 N–H and O–H groups in total. The minimum atomic E-state index is -0.316. The van der Waals surface area contributed by atoms with Crippen LogP contribution in [0.3, 0.4) is 0 Å². The van der Waals surface area contributed by atoms with Crippen molar-refractivity contribution >= 4 is 28.1 Å². The molecule has 3 aromatic rings. The lowest BCUT2D eigenvalue weighted by molar-refractivity contribution is -0.115. The number of carbonyl (C=O) groups is 1. The van der Waals surface area contributed by atoms with E-state index in [9.17, 15) is 9.18 Å². The molecule has 5 heteroatoms. The lowest BCUT2D eigenvalue weighted by atomic mass is 10.0. The number of nitrogens with zero attached hydrogens (tertiary/aromatic N) is 2. The molecule has 4 nitrogen and oxygen atoms in total. The summed E-state index contributed by atoms with van der Waals surface area (Å²) in [5.41, 5.74) is 3.42. The van der Waals surface area contributed by atoms with Gasteiger partial charge in [0.25, 0.3) is 0 Å². The van der Waals surface area contributed by atoms with Crippen LogP contribution in [0.1, 0.15) is 11.1 Å². The maximum Gasteiger partial charge on any atom is 0.228 e. The van der Waals surface area contributed by atoms with Crippen molar-refractivity contribution in [2.45, 2.75) is 12.8 Å². The van der Waals surface area contributed by atoms with Crippen molar-refractivity contribution in [1.82, 2.24) is 4.90 Å². The number of fused-ring (bicyclic) bond motifs is 2. The Balaban J connectivity index is 1.21. The van der Waals surface area contributed by atoms with Crippen molar-refractivity contribution in [3.63, 3.8) is 0 Å². The van der Waals surface area contributed by atoms with Gasteiger partial charge in [-0.05, 0) is 35.1 Å². The van der Waals surface area contributed by atoms with Gasteiger partial charge in [0.05, 0.1) is 12.1 Å². The second kappa shape index (κ2) is 7.48. The zero-order valence-electron chi connectivity index (χ0n) is 16.3. The monoisotopic (exact) mass is 389 g/mol. The van der Waals surface area contributed by atoms with Gasteiger partial charge in [-0.2, -0.15) is 0 Å². The van der Waals surface area contributed by atoms with E-state index in [1.807, 2.05) is 6.07 Å². The summed E-state index contributed by atoms with van der Waals surface area (Å²) in [6.45, 7) is 4.88. The molecule has 2 heterocycles. The quantitative estimate of drug-likeness (QED) is 0.737. The summed E-state index contributed by atoms with van der Waals surface area (Å²) in [5, 5.41) is 5.18. The molecule has 148 valence electrons. The third-order valence-corrected chi connectivity index (χ3v) is 6.04. The third kappa shape index (κ3) is 3.58. The Kier molecular flexibility index (Phi) is 4.68. The highest BCUT2D eigenvalue weighted by Gasteiger charge is 2.23. The predicted molar refractivity (Wildman–Crippen MR) is 115 cm³/mol. The van der Waals surface area contributed by atoms with E-state index >= 15 is 0 Å². The average Bonchev–Trinajstić information content (AvgIpc) is 3.13. The Morgan fingerprint density at radius 3 is 2.62 bits per heavy atom. The lowest BCUT2D eigenvalue weighted by Crippen LogP contribution is -2.47. The van der Waals surface area contributed by atoms with E-state index < -0.39 is 0 Å². The molecule has 1 saturated heterocycles. The van der Waals surface area contributed by atoms with Crippen LogP contribution < -0.4 is 10.2 Å². The molecule has 0 atom stereocenters. The molecule has 2 aliphatic rings. The van der Waals surface area contributed by atoms with Crippen molar-refractivity contribution in [3.8, 4) is 0 Å². The number of amides is 1. The molecule has 29 heavy (non-hydrogen) atoms. The van der Waals surface area contributed by atoms with Gasteiger partial charge >= 0.3 is 0 Å². The molecular formula is C24H24FN3O. The maximum absolute atomic E-state index is 14.2. The number of benzene rings is 3. The number of nitrogens with one attached hydrogen (secondary N) is 1. The highest BCUT2D eigenvalue weighted by atomic mass is 19.1. The van der Waals surface area contributed by atoms with Gasteiger partial charge in [0.15, 0.2) is 0 Å². The number of hydrogen-bond donors (Lipinski definition) is 1. The van der Waals surface area contributed by atoms with Gasteiger partial charge < -0.3 is 10.2 Å². The fraction of sp³-hybridized carbons (Fsp3) is 0.292. The SMILES string of the molecule is O=C1Cc2cc(CCN3CCN(c4cccc5ccccc45)CC3)cc(F)c2N1. The summed E-state index contributed by atoms with van der Waals surface area (Å²) < 4.78 is 14.2. The van der Waals surface area contributed by atoms with Gasteiger partial charge in [-0.25, -0.2) is 4.39 Å². The smallest absolute Gasteiger partial charge is 0.228 e. The van der Waals surface area contributed by atoms with Gasteiger partial charge in [0, 0.05) is 43.8 Å². The molecule has 1 fully saturated rings. The molecule has 3 aromatic carbocycles. The van der Waals surface area contributed by atoms with Crippen LogP contribution >= 0.6 is 0 Å². The molecule has 5 rings (SSSR count). The molecule has 0 bridgehead atoms. The summed E-state index contributed by atoms with van der Waals surface area (Å²) >= 11 is 0. The standard InChI is InChI=1S/C24H24FN3O/c25-21-15-17(14-19-16-23(29)26-24(19)21)8-9-27-10-12-28(13-11-27)22-7-3-5-18-4-1-2-6-20(18)22/h1-7,14-15H,8-13,16H2,(H,26,29). The fourth-order valence-corrected chi connectivity index (χ4v) is 4.49. The Morgan fingerprint density at radius 1 is 0.966 bits per heavy atom. The largest absolute Gasteiger partial charge is 0.368 e. The fourth-order valence-electron chi connectivity index (χ4n) is 4.49. The summed E-state index contributed by atoms with van der Waals surface area (Å²) in [4.78, 5) is 16.4. The van der Waals surface area contributed by atoms with Crippen LogP contribution in [0, 0.1) is 5.82 Å². The minimum absolute atomic E-state index is 0.124. The van der Waals surface area contributed by atoms with Crippen molar-refractivity contribution < 1.29 is 9.18 Å². The Hall–Kier alpha value is -2.92. The number of piperazine rings is 1. The van der Waals surface area contributed by atoms with Crippen LogP contribution in [0.15, 0.2) is 54.6 Å². The van der Waals surface area contributed by atoms with E-state index in [1.54, 1.807) is 6.07 Å². The van der Waals surface area contributed by atoms with Crippen molar-refractivity contribution in [2.75, 3.05) is 42.9 Å². The van der Waals surface area contributed by atoms with Crippen LogP contribution in [0.4, 0.5) is 15.8 Å². The predicted octanol–water partition coefficient (Wildman–Crippen LogP) is 3.84. The van der Waals surface area contributed by atoms with Crippen molar-refractivity contribution in [3.05, 3.63) is 71.5 Å². The Labute approximate surface area is 169 Å². The van der Waals surface area contributed by atoms with E-state index in [4.69, 9.17) is 0 Å². The van der Waals surface area contributed by atoms with E-state index in [0.29, 0.717) is 5.69 Å². The van der Waals surface area contributed by atoms with E-state index in [0.717, 1.165) is 50.3 Å². The van der Waals surface area contributed by atoms with E-state index in [-0.39, 0.29) is 18.1 Å². The molecule has 1 amide bonds. The summed E-state index contributed by atoms with van der Waals surface area (Å²) in [6.07, 6.45) is 1.08. The minimum Gasteiger partial charge on any atom is -0.368 e. The normalized spacial score (nSPS) is 16.9. The van der Waals surface area contributed by atoms with Gasteiger partial charge in [-0.15, -0.1) is 0 Å². The molecule has 0 unspecified atom stereocenters. The topological polar surface area (TPSA) is 35.6 Å². The van der Waals surface area contributed by atoms with Crippen LogP contribution in [0.5, 0.6) is 0 Å². The first-order valence-electron chi connectivity index (χ1n) is 10.2. The highest BCUT2D eigenvalue weighted by molar-refractivity contribution is 5.99. The van der Waals surface area contributed by atoms with E-state index in [1.165, 1.54) is 16.5 Å². The molecule has 0 radical (unpaired) electrons. The first-order valence-corrected chi connectivity index (χ1v) is 10.2. The summed E-state index contributed by atoms with van der Waals surface area (Å²) in [7, 11) is 0. The second-order valence-electron chi connectivity index (χ2n) is 7.91. The van der Waals surface area contributed by atoms with Gasteiger partial charge in [-0.3, -0.25) is 9.69 Å². The number of carbonyl (C=O) groups excluding carboxylic acids is 1. The van der Waals surface area contributed by atoms with Crippen LogP contribution in [0.25, 0.3) is 10.8 Å². The Morgan fingerprint density at radius 2 is 1.76 bits per heavy atom. The van der Waals surface area contributed by atoms with Gasteiger partial charge in [-0.1, -0.05) is 42.5 Å². The maximum atomic E-state index is 14.2. The second-order valence-corrected chi connectivity index (χ2v) is 7.91. The number of anilines is 2.